The molecule has 0 aliphatic rings. The van der Waals surface area contributed by atoms with E-state index in [1.165, 1.54) is 12.1 Å². The summed E-state index contributed by atoms with van der Waals surface area (Å²) in [7, 11) is 0. The summed E-state index contributed by atoms with van der Waals surface area (Å²) >= 11 is 12.2. The third-order valence-electron chi connectivity index (χ3n) is 2.57. The van der Waals surface area contributed by atoms with Crippen LogP contribution < -0.4 is 0 Å². The zero-order valence-corrected chi connectivity index (χ0v) is 10.8. The normalized spacial score (nSPS) is 10.1. The maximum Gasteiger partial charge on any atom is 0.123 e. The summed E-state index contributed by atoms with van der Waals surface area (Å²) in [5, 5.41) is 9.74. The van der Waals surface area contributed by atoms with Crippen molar-refractivity contribution in [3.8, 4) is 17.2 Å². The lowest BCUT2D eigenvalue weighted by molar-refractivity contribution is 0.626. The molecule has 0 aliphatic carbocycles. The monoisotopic (exact) mass is 279 g/mol. The predicted molar refractivity (Wildman–Crippen MR) is 71.2 cm³/mol. The predicted octanol–water partition coefficient (Wildman–Crippen LogP) is 4.87. The number of rotatable bonds is 2. The van der Waals surface area contributed by atoms with Crippen LogP contribution in [0.1, 0.15) is 5.56 Å². The van der Waals surface area contributed by atoms with Crippen LogP contribution >= 0.6 is 23.2 Å². The Kier molecular flexibility index (Phi) is 3.86. The standard InChI is InChI=1S/C14H8Cl2FN/c15-12-2-1-3-13(16)14(12)11-5-4-10(17)8-9(11)6-7-18/h1-5,8H,6H2. The Labute approximate surface area is 114 Å². The molecule has 0 N–H and O–H groups in total. The number of nitriles is 1. The molecule has 90 valence electrons. The Morgan fingerprint density at radius 2 is 1.78 bits per heavy atom. The lowest BCUT2D eigenvalue weighted by atomic mass is 9.98. The quantitative estimate of drug-likeness (QED) is 0.770. The Hall–Kier alpha value is -1.56. The SMILES string of the molecule is N#CCc1cc(F)ccc1-c1c(Cl)cccc1Cl. The van der Waals surface area contributed by atoms with E-state index < -0.39 is 0 Å². The Balaban J connectivity index is 2.68. The summed E-state index contributed by atoms with van der Waals surface area (Å²) in [4.78, 5) is 0. The molecule has 0 bridgehead atoms. The molecule has 0 spiro atoms. The van der Waals surface area contributed by atoms with Gasteiger partial charge in [-0.2, -0.15) is 5.26 Å². The second-order valence-electron chi connectivity index (χ2n) is 3.73. The zero-order valence-electron chi connectivity index (χ0n) is 9.25. The molecule has 2 rings (SSSR count). The van der Waals surface area contributed by atoms with Gasteiger partial charge in [0.1, 0.15) is 5.82 Å². The molecule has 4 heteroatoms. The Morgan fingerprint density at radius 1 is 1.11 bits per heavy atom. The van der Waals surface area contributed by atoms with Crippen LogP contribution in [0.3, 0.4) is 0 Å². The van der Waals surface area contributed by atoms with Crippen molar-refractivity contribution in [2.45, 2.75) is 6.42 Å². The molecular weight excluding hydrogens is 272 g/mol. The van der Waals surface area contributed by atoms with E-state index >= 15 is 0 Å². The fourth-order valence-corrected chi connectivity index (χ4v) is 2.39. The van der Waals surface area contributed by atoms with Gasteiger partial charge >= 0.3 is 0 Å². The fraction of sp³-hybridized carbons (Fsp3) is 0.0714. The van der Waals surface area contributed by atoms with Crippen molar-refractivity contribution in [2.24, 2.45) is 0 Å². The summed E-state index contributed by atoms with van der Waals surface area (Å²) < 4.78 is 13.2. The number of halogens is 3. The highest BCUT2D eigenvalue weighted by Crippen LogP contribution is 2.36. The first-order valence-electron chi connectivity index (χ1n) is 5.23. The molecule has 0 aliphatic heterocycles. The summed E-state index contributed by atoms with van der Waals surface area (Å²) in [6, 6.07) is 11.4. The molecule has 0 fully saturated rings. The van der Waals surface area contributed by atoms with E-state index in [9.17, 15) is 4.39 Å². The van der Waals surface area contributed by atoms with Crippen molar-refractivity contribution in [1.29, 1.82) is 5.26 Å². The first-order chi connectivity index (χ1) is 8.63. The number of benzene rings is 2. The summed E-state index contributed by atoms with van der Waals surface area (Å²) in [5.41, 5.74) is 1.90. The van der Waals surface area contributed by atoms with Crippen LogP contribution in [0.15, 0.2) is 36.4 Å². The molecule has 0 amide bonds. The highest BCUT2D eigenvalue weighted by molar-refractivity contribution is 6.39. The van der Waals surface area contributed by atoms with E-state index in [-0.39, 0.29) is 12.2 Å². The lowest BCUT2D eigenvalue weighted by Gasteiger charge is -2.11. The average molecular weight is 280 g/mol. The minimum Gasteiger partial charge on any atom is -0.207 e. The van der Waals surface area contributed by atoms with Crippen molar-refractivity contribution in [3.05, 3.63) is 57.8 Å². The third-order valence-corrected chi connectivity index (χ3v) is 3.20. The second kappa shape index (κ2) is 5.39. The van der Waals surface area contributed by atoms with E-state index in [0.29, 0.717) is 26.7 Å². The van der Waals surface area contributed by atoms with Gasteiger partial charge in [-0.1, -0.05) is 35.3 Å². The van der Waals surface area contributed by atoms with Crippen LogP contribution in [0, 0.1) is 17.1 Å². The smallest absolute Gasteiger partial charge is 0.123 e. The molecule has 0 atom stereocenters. The van der Waals surface area contributed by atoms with Crippen LogP contribution in [0.5, 0.6) is 0 Å². The number of hydrogen-bond acceptors (Lipinski definition) is 1. The summed E-state index contributed by atoms with van der Waals surface area (Å²) in [6.07, 6.45) is 0.106. The van der Waals surface area contributed by atoms with Crippen molar-refractivity contribution in [2.75, 3.05) is 0 Å². The zero-order chi connectivity index (χ0) is 13.1. The van der Waals surface area contributed by atoms with Gasteiger partial charge in [-0.15, -0.1) is 0 Å². The molecule has 18 heavy (non-hydrogen) atoms. The van der Waals surface area contributed by atoms with Crippen molar-refractivity contribution in [1.82, 2.24) is 0 Å². The molecule has 2 aromatic rings. The second-order valence-corrected chi connectivity index (χ2v) is 4.55. The summed E-state index contributed by atoms with van der Waals surface area (Å²) in [6.45, 7) is 0. The van der Waals surface area contributed by atoms with Gasteiger partial charge in [-0.05, 0) is 35.4 Å². The first-order valence-corrected chi connectivity index (χ1v) is 5.99. The lowest BCUT2D eigenvalue weighted by Crippen LogP contribution is -1.92. The van der Waals surface area contributed by atoms with E-state index in [1.807, 2.05) is 6.07 Å². The van der Waals surface area contributed by atoms with Crippen LogP contribution in [-0.4, -0.2) is 0 Å². The van der Waals surface area contributed by atoms with Crippen LogP contribution in [0.25, 0.3) is 11.1 Å². The van der Waals surface area contributed by atoms with Crippen molar-refractivity contribution in [3.63, 3.8) is 0 Å². The minimum absolute atomic E-state index is 0.106. The largest absolute Gasteiger partial charge is 0.207 e. The molecule has 1 nitrogen and oxygen atoms in total. The van der Waals surface area contributed by atoms with Crippen molar-refractivity contribution >= 4 is 23.2 Å². The third kappa shape index (κ3) is 2.48. The molecule has 2 aromatic carbocycles. The molecule has 0 unspecified atom stereocenters. The van der Waals surface area contributed by atoms with Gasteiger partial charge in [0.05, 0.1) is 12.5 Å². The van der Waals surface area contributed by atoms with Crippen LogP contribution in [0.4, 0.5) is 4.39 Å². The van der Waals surface area contributed by atoms with Gasteiger partial charge in [-0.25, -0.2) is 4.39 Å². The molecular formula is C14H8Cl2FN. The Morgan fingerprint density at radius 3 is 2.39 bits per heavy atom. The van der Waals surface area contributed by atoms with Gasteiger partial charge in [-0.3, -0.25) is 0 Å². The molecule has 0 heterocycles. The van der Waals surface area contributed by atoms with Gasteiger partial charge in [0.15, 0.2) is 0 Å². The molecule has 0 saturated carbocycles. The average Bonchev–Trinajstić information content (AvgIpc) is 2.32. The number of nitrogens with zero attached hydrogens (tertiary/aromatic N) is 1. The van der Waals surface area contributed by atoms with E-state index in [0.717, 1.165) is 0 Å². The van der Waals surface area contributed by atoms with E-state index in [2.05, 4.69) is 0 Å². The van der Waals surface area contributed by atoms with Crippen molar-refractivity contribution < 1.29 is 4.39 Å². The molecule has 0 saturated heterocycles. The maximum absolute atomic E-state index is 13.2. The van der Waals surface area contributed by atoms with Gasteiger partial charge in [0.2, 0.25) is 0 Å². The van der Waals surface area contributed by atoms with E-state index in [4.69, 9.17) is 28.5 Å². The van der Waals surface area contributed by atoms with Gasteiger partial charge in [0, 0.05) is 15.6 Å². The maximum atomic E-state index is 13.2. The highest BCUT2D eigenvalue weighted by atomic mass is 35.5. The minimum atomic E-state index is -0.382. The van der Waals surface area contributed by atoms with E-state index in [1.54, 1.807) is 24.3 Å². The molecule has 0 aromatic heterocycles. The van der Waals surface area contributed by atoms with Gasteiger partial charge in [0.25, 0.3) is 0 Å². The molecule has 0 radical (unpaired) electrons. The topological polar surface area (TPSA) is 23.8 Å². The summed E-state index contributed by atoms with van der Waals surface area (Å²) in [5.74, 6) is -0.382. The first kappa shape index (κ1) is 12.9. The van der Waals surface area contributed by atoms with Gasteiger partial charge < -0.3 is 0 Å². The Bertz CT molecular complexity index is 612. The van der Waals surface area contributed by atoms with Crippen LogP contribution in [-0.2, 0) is 6.42 Å². The van der Waals surface area contributed by atoms with Crippen LogP contribution in [0.2, 0.25) is 10.0 Å². The number of hydrogen-bond donors (Lipinski definition) is 0. The highest BCUT2D eigenvalue weighted by Gasteiger charge is 2.12. The fourth-order valence-electron chi connectivity index (χ4n) is 1.79.